The number of carbonyl (C=O) groups is 1. The molecule has 0 bridgehead atoms. The Morgan fingerprint density at radius 3 is 2.61 bits per heavy atom. The molecule has 0 unspecified atom stereocenters. The van der Waals surface area contributed by atoms with E-state index in [9.17, 15) is 4.79 Å². The van der Waals surface area contributed by atoms with Crippen LogP contribution in [0.25, 0.3) is 0 Å². The Bertz CT molecular complexity index is 748. The lowest BCUT2D eigenvalue weighted by Crippen LogP contribution is -2.38. The van der Waals surface area contributed by atoms with Gasteiger partial charge >= 0.3 is 0 Å². The van der Waals surface area contributed by atoms with Crippen molar-refractivity contribution in [2.75, 3.05) is 23.8 Å². The first-order valence-electron chi connectivity index (χ1n) is 7.53. The predicted octanol–water partition coefficient (Wildman–Crippen LogP) is 2.89. The molecule has 23 heavy (non-hydrogen) atoms. The van der Waals surface area contributed by atoms with Crippen molar-refractivity contribution >= 4 is 17.3 Å². The molecule has 0 saturated carbocycles. The van der Waals surface area contributed by atoms with Gasteiger partial charge in [0.05, 0.1) is 18.1 Å². The highest BCUT2D eigenvalue weighted by Crippen LogP contribution is 2.27. The molecule has 2 aromatic rings. The average molecular weight is 306 g/mol. The van der Waals surface area contributed by atoms with Crippen LogP contribution in [0.2, 0.25) is 0 Å². The number of nitrogens with one attached hydrogen (secondary N) is 2. The van der Waals surface area contributed by atoms with Gasteiger partial charge in [-0.3, -0.25) is 4.79 Å². The summed E-state index contributed by atoms with van der Waals surface area (Å²) in [5, 5.41) is 15.0. The maximum absolute atomic E-state index is 12.2. The molecule has 1 aliphatic rings. The summed E-state index contributed by atoms with van der Waals surface area (Å²) in [7, 11) is 1.96. The van der Waals surface area contributed by atoms with Gasteiger partial charge in [0.15, 0.2) is 0 Å². The molecule has 1 atom stereocenters. The molecule has 116 valence electrons. The monoisotopic (exact) mass is 306 g/mol. The summed E-state index contributed by atoms with van der Waals surface area (Å²) < 4.78 is 0. The number of carbonyl (C=O) groups excluding carboxylic acids is 1. The minimum absolute atomic E-state index is 0.0698. The Morgan fingerprint density at radius 2 is 1.87 bits per heavy atom. The van der Waals surface area contributed by atoms with Gasteiger partial charge in [0.1, 0.15) is 6.17 Å². The third kappa shape index (κ3) is 3.11. The summed E-state index contributed by atoms with van der Waals surface area (Å²) in [5.74, 6) is -0.0698. The van der Waals surface area contributed by atoms with E-state index in [1.165, 1.54) is 0 Å². The summed E-state index contributed by atoms with van der Waals surface area (Å²) in [6.07, 6.45) is 0.255. The molecular weight excluding hydrogens is 288 g/mol. The lowest BCUT2D eigenvalue weighted by atomic mass is 10.1. The summed E-state index contributed by atoms with van der Waals surface area (Å²) >= 11 is 0. The number of amides is 1. The minimum atomic E-state index is -0.240. The number of hydrogen-bond acceptors (Lipinski definition) is 4. The fourth-order valence-electron chi connectivity index (χ4n) is 2.64. The Kier molecular flexibility index (Phi) is 4.15. The zero-order chi connectivity index (χ0) is 16.2. The van der Waals surface area contributed by atoms with Crippen LogP contribution in [0.1, 0.15) is 28.5 Å². The van der Waals surface area contributed by atoms with E-state index in [1.807, 2.05) is 54.4 Å². The molecule has 2 N–H and O–H groups in total. The predicted molar refractivity (Wildman–Crippen MR) is 90.2 cm³/mol. The van der Waals surface area contributed by atoms with E-state index in [2.05, 4.69) is 16.7 Å². The molecule has 1 aliphatic heterocycles. The maximum Gasteiger partial charge on any atom is 0.255 e. The normalized spacial score (nSPS) is 15.8. The standard InChI is InChI=1S/C18H18N4O/c1-22(12-4-11-19)14-9-7-13(8-10-14)17-20-16-6-3-2-5-15(16)18(23)21-17/h2-3,5-10,17,20H,4,12H2,1H3,(H,21,23)/t17-/m0/s1. The number of nitrogens with zero attached hydrogens (tertiary/aromatic N) is 2. The first kappa shape index (κ1) is 14.9. The van der Waals surface area contributed by atoms with E-state index >= 15 is 0 Å². The van der Waals surface area contributed by atoms with Gasteiger partial charge in [-0.05, 0) is 29.8 Å². The van der Waals surface area contributed by atoms with Gasteiger partial charge in [0.25, 0.3) is 5.91 Å². The van der Waals surface area contributed by atoms with Gasteiger partial charge in [-0.25, -0.2) is 0 Å². The molecule has 0 radical (unpaired) electrons. The lowest BCUT2D eigenvalue weighted by Gasteiger charge is -2.28. The number of nitriles is 1. The van der Waals surface area contributed by atoms with Crippen LogP contribution in [0.3, 0.4) is 0 Å². The minimum Gasteiger partial charge on any atom is -0.374 e. The van der Waals surface area contributed by atoms with Gasteiger partial charge in [-0.1, -0.05) is 24.3 Å². The fraction of sp³-hybridized carbons (Fsp3) is 0.222. The van der Waals surface area contributed by atoms with E-state index in [4.69, 9.17) is 5.26 Å². The second-order valence-electron chi connectivity index (χ2n) is 5.52. The third-order valence-electron chi connectivity index (χ3n) is 3.97. The largest absolute Gasteiger partial charge is 0.374 e. The van der Waals surface area contributed by atoms with Crippen LogP contribution >= 0.6 is 0 Å². The Hall–Kier alpha value is -3.00. The fourth-order valence-corrected chi connectivity index (χ4v) is 2.64. The molecule has 0 saturated heterocycles. The summed E-state index contributed by atoms with van der Waals surface area (Å²) in [6, 6.07) is 17.6. The molecule has 5 heteroatoms. The highest BCUT2D eigenvalue weighted by atomic mass is 16.2. The smallest absolute Gasteiger partial charge is 0.255 e. The SMILES string of the molecule is CN(CCC#N)c1ccc([C@@H]2NC(=O)c3ccccc3N2)cc1. The van der Waals surface area contributed by atoms with Crippen molar-refractivity contribution in [1.29, 1.82) is 5.26 Å². The molecule has 0 spiro atoms. The zero-order valence-corrected chi connectivity index (χ0v) is 12.9. The Balaban J connectivity index is 1.76. The van der Waals surface area contributed by atoms with Crippen LogP contribution in [0, 0.1) is 11.3 Å². The highest BCUT2D eigenvalue weighted by Gasteiger charge is 2.23. The highest BCUT2D eigenvalue weighted by molar-refractivity contribution is 6.01. The van der Waals surface area contributed by atoms with E-state index < -0.39 is 0 Å². The second kappa shape index (κ2) is 6.41. The van der Waals surface area contributed by atoms with Crippen molar-refractivity contribution in [3.05, 3.63) is 59.7 Å². The van der Waals surface area contributed by atoms with Crippen LogP contribution in [-0.2, 0) is 0 Å². The Labute approximate surface area is 135 Å². The van der Waals surface area contributed by atoms with Crippen molar-refractivity contribution in [3.63, 3.8) is 0 Å². The van der Waals surface area contributed by atoms with Crippen LogP contribution in [0.4, 0.5) is 11.4 Å². The number of fused-ring (bicyclic) bond motifs is 1. The maximum atomic E-state index is 12.2. The molecule has 1 heterocycles. The van der Waals surface area contributed by atoms with Crippen molar-refractivity contribution in [2.24, 2.45) is 0 Å². The Morgan fingerprint density at radius 1 is 1.13 bits per heavy atom. The van der Waals surface area contributed by atoms with Gasteiger partial charge < -0.3 is 15.5 Å². The summed E-state index contributed by atoms with van der Waals surface area (Å²) in [5.41, 5.74) is 3.55. The quantitative estimate of drug-likeness (QED) is 0.911. The van der Waals surface area contributed by atoms with E-state index in [0.29, 0.717) is 18.5 Å². The van der Waals surface area contributed by atoms with Gasteiger partial charge in [-0.2, -0.15) is 5.26 Å². The van der Waals surface area contributed by atoms with Crippen LogP contribution in [0.15, 0.2) is 48.5 Å². The number of benzene rings is 2. The number of para-hydroxylation sites is 1. The molecule has 2 aromatic carbocycles. The van der Waals surface area contributed by atoms with Crippen molar-refractivity contribution in [3.8, 4) is 6.07 Å². The van der Waals surface area contributed by atoms with Crippen molar-refractivity contribution in [2.45, 2.75) is 12.6 Å². The summed E-state index contributed by atoms with van der Waals surface area (Å²) in [4.78, 5) is 14.2. The van der Waals surface area contributed by atoms with Crippen molar-refractivity contribution < 1.29 is 4.79 Å². The number of anilines is 2. The first-order chi connectivity index (χ1) is 11.2. The second-order valence-corrected chi connectivity index (χ2v) is 5.52. The third-order valence-corrected chi connectivity index (χ3v) is 3.97. The molecule has 3 rings (SSSR count). The van der Waals surface area contributed by atoms with Crippen LogP contribution in [-0.4, -0.2) is 19.5 Å². The molecular formula is C18H18N4O. The zero-order valence-electron chi connectivity index (χ0n) is 12.9. The number of rotatable bonds is 4. The average Bonchev–Trinajstić information content (AvgIpc) is 2.60. The van der Waals surface area contributed by atoms with Gasteiger partial charge in [-0.15, -0.1) is 0 Å². The van der Waals surface area contributed by atoms with E-state index in [-0.39, 0.29) is 12.1 Å². The lowest BCUT2D eigenvalue weighted by molar-refractivity contribution is 0.0935. The van der Waals surface area contributed by atoms with Gasteiger partial charge in [0, 0.05) is 25.0 Å². The topological polar surface area (TPSA) is 68.2 Å². The van der Waals surface area contributed by atoms with Crippen molar-refractivity contribution in [1.82, 2.24) is 5.32 Å². The first-order valence-corrected chi connectivity index (χ1v) is 7.53. The number of hydrogen-bond donors (Lipinski definition) is 2. The van der Waals surface area contributed by atoms with Gasteiger partial charge in [0.2, 0.25) is 0 Å². The van der Waals surface area contributed by atoms with Crippen LogP contribution < -0.4 is 15.5 Å². The van der Waals surface area contributed by atoms with E-state index in [1.54, 1.807) is 6.07 Å². The van der Waals surface area contributed by atoms with E-state index in [0.717, 1.165) is 16.9 Å². The molecule has 0 aliphatic carbocycles. The molecule has 5 nitrogen and oxygen atoms in total. The molecule has 1 amide bonds. The molecule has 0 fully saturated rings. The summed E-state index contributed by atoms with van der Waals surface area (Å²) in [6.45, 7) is 0.696. The van der Waals surface area contributed by atoms with Crippen LogP contribution in [0.5, 0.6) is 0 Å². The molecule has 0 aromatic heterocycles.